The zero-order valence-corrected chi connectivity index (χ0v) is 10.7. The smallest absolute Gasteiger partial charge is 0.328 e. The summed E-state index contributed by atoms with van der Waals surface area (Å²) in [6.07, 6.45) is 6.35. The fourth-order valence-electron chi connectivity index (χ4n) is 2.74. The highest BCUT2D eigenvalue weighted by Crippen LogP contribution is 2.42. The normalized spacial score (nSPS) is 24.9. The van der Waals surface area contributed by atoms with Gasteiger partial charge in [-0.25, -0.2) is 9.67 Å². The number of nitrogen functional groups attached to an aromatic ring is 1. The predicted molar refractivity (Wildman–Crippen MR) is 66.1 cm³/mol. The van der Waals surface area contributed by atoms with Crippen LogP contribution in [0, 0.1) is 0 Å². The lowest BCUT2D eigenvalue weighted by molar-refractivity contribution is -0.181. The average Bonchev–Trinajstić information content (AvgIpc) is 2.73. The highest BCUT2D eigenvalue weighted by atomic mass is 16.6. The zero-order chi connectivity index (χ0) is 13.3. The summed E-state index contributed by atoms with van der Waals surface area (Å²) in [7, 11) is 0. The third-order valence-electron chi connectivity index (χ3n) is 3.86. The molecule has 0 bridgehead atoms. The van der Waals surface area contributed by atoms with E-state index < -0.39 is 0 Å². The number of hydrogen-bond donors (Lipinski definition) is 1. The van der Waals surface area contributed by atoms with Crippen molar-refractivity contribution in [1.29, 1.82) is 0 Å². The second-order valence-corrected chi connectivity index (χ2v) is 5.29. The van der Waals surface area contributed by atoms with Crippen LogP contribution >= 0.6 is 0 Å². The number of aromatic nitrogens is 3. The van der Waals surface area contributed by atoms with E-state index in [2.05, 4.69) is 10.1 Å². The fourth-order valence-corrected chi connectivity index (χ4v) is 2.74. The monoisotopic (exact) mass is 266 g/mol. The van der Waals surface area contributed by atoms with Gasteiger partial charge in [0.25, 0.3) is 0 Å². The van der Waals surface area contributed by atoms with E-state index in [0.29, 0.717) is 6.61 Å². The van der Waals surface area contributed by atoms with E-state index in [0.717, 1.165) is 25.7 Å². The van der Waals surface area contributed by atoms with Crippen LogP contribution in [0.5, 0.6) is 0 Å². The van der Waals surface area contributed by atoms with Gasteiger partial charge in [-0.3, -0.25) is 4.79 Å². The van der Waals surface area contributed by atoms with Crippen molar-refractivity contribution >= 4 is 11.9 Å². The van der Waals surface area contributed by atoms with Gasteiger partial charge in [-0.05, 0) is 19.3 Å². The zero-order valence-electron chi connectivity index (χ0n) is 10.7. The Balaban J connectivity index is 1.51. The van der Waals surface area contributed by atoms with E-state index in [4.69, 9.17) is 15.2 Å². The molecule has 2 fully saturated rings. The lowest BCUT2D eigenvalue weighted by Crippen LogP contribution is -2.48. The van der Waals surface area contributed by atoms with Crippen LogP contribution in [0.4, 0.5) is 5.95 Å². The molecule has 7 heteroatoms. The molecule has 3 rings (SSSR count). The van der Waals surface area contributed by atoms with E-state index in [1.807, 2.05) is 0 Å². The average molecular weight is 266 g/mol. The number of hydrogen-bond acceptors (Lipinski definition) is 6. The van der Waals surface area contributed by atoms with Gasteiger partial charge >= 0.3 is 5.97 Å². The number of nitrogens with two attached hydrogens (primary N) is 1. The molecular formula is C12H18N4O3. The van der Waals surface area contributed by atoms with Crippen molar-refractivity contribution in [1.82, 2.24) is 14.8 Å². The van der Waals surface area contributed by atoms with Crippen LogP contribution in [-0.4, -0.2) is 39.0 Å². The van der Waals surface area contributed by atoms with Gasteiger partial charge in [-0.1, -0.05) is 0 Å². The van der Waals surface area contributed by atoms with Crippen molar-refractivity contribution in [2.75, 3.05) is 12.3 Å². The Morgan fingerprint density at radius 3 is 3.11 bits per heavy atom. The van der Waals surface area contributed by atoms with Crippen LogP contribution in [0.3, 0.4) is 0 Å². The molecule has 1 spiro atoms. The second kappa shape index (κ2) is 4.80. The molecule has 1 saturated carbocycles. The summed E-state index contributed by atoms with van der Waals surface area (Å²) in [6, 6.07) is 0. The minimum absolute atomic E-state index is 0.0130. The first kappa shape index (κ1) is 12.4. The van der Waals surface area contributed by atoms with Gasteiger partial charge in [0.1, 0.15) is 19.0 Å². The van der Waals surface area contributed by atoms with E-state index in [1.165, 1.54) is 17.4 Å². The fraction of sp³-hybridized carbons (Fsp3) is 0.750. The predicted octanol–water partition coefficient (Wildman–Crippen LogP) is 0.505. The first-order chi connectivity index (χ1) is 9.15. The van der Waals surface area contributed by atoms with Crippen molar-refractivity contribution in [2.45, 2.75) is 50.4 Å². The van der Waals surface area contributed by atoms with Gasteiger partial charge in [-0.15, -0.1) is 5.10 Å². The lowest BCUT2D eigenvalue weighted by atomic mass is 9.74. The Labute approximate surface area is 111 Å². The van der Waals surface area contributed by atoms with Crippen molar-refractivity contribution in [3.63, 3.8) is 0 Å². The third kappa shape index (κ3) is 2.70. The summed E-state index contributed by atoms with van der Waals surface area (Å²) in [4.78, 5) is 15.6. The number of carbonyl (C=O) groups is 1. The molecule has 1 atom stereocenters. The van der Waals surface area contributed by atoms with Crippen LogP contribution < -0.4 is 5.73 Å². The molecule has 0 amide bonds. The summed E-state index contributed by atoms with van der Waals surface area (Å²) in [5.41, 5.74) is 5.38. The van der Waals surface area contributed by atoms with Crippen LogP contribution in [0.1, 0.15) is 32.1 Å². The number of anilines is 1. The molecule has 1 aliphatic heterocycles. The minimum Gasteiger partial charge on any atom is -0.461 e. The first-order valence-corrected chi connectivity index (χ1v) is 6.64. The van der Waals surface area contributed by atoms with Crippen molar-refractivity contribution < 1.29 is 14.3 Å². The molecule has 104 valence electrons. The van der Waals surface area contributed by atoms with E-state index >= 15 is 0 Å². The second-order valence-electron chi connectivity index (χ2n) is 5.29. The standard InChI is InChI=1S/C12H18N4O3/c13-11-14-8-16(15-11)7-10(17)19-9-2-5-18-12(6-9)3-1-4-12/h8-9H,1-7H2,(H2,13,15). The highest BCUT2D eigenvalue weighted by molar-refractivity contribution is 5.69. The van der Waals surface area contributed by atoms with Gasteiger partial charge in [0.15, 0.2) is 0 Å². The highest BCUT2D eigenvalue weighted by Gasteiger charge is 2.43. The van der Waals surface area contributed by atoms with Gasteiger partial charge in [-0.2, -0.15) is 0 Å². The SMILES string of the molecule is Nc1ncn(CC(=O)OC2CCOC3(CCC3)C2)n1. The van der Waals surface area contributed by atoms with Crippen LogP contribution in [0.15, 0.2) is 6.33 Å². The molecule has 1 aromatic rings. The van der Waals surface area contributed by atoms with Gasteiger partial charge < -0.3 is 15.2 Å². The Morgan fingerprint density at radius 2 is 2.47 bits per heavy atom. The molecule has 0 aromatic carbocycles. The first-order valence-electron chi connectivity index (χ1n) is 6.64. The molecule has 0 radical (unpaired) electrons. The molecule has 19 heavy (non-hydrogen) atoms. The summed E-state index contributed by atoms with van der Waals surface area (Å²) in [5, 5.41) is 3.86. The summed E-state index contributed by atoms with van der Waals surface area (Å²) in [6.45, 7) is 0.725. The number of esters is 1. The van der Waals surface area contributed by atoms with E-state index in [9.17, 15) is 4.79 Å². The van der Waals surface area contributed by atoms with E-state index in [1.54, 1.807) is 0 Å². The number of ether oxygens (including phenoxy) is 2. The van der Waals surface area contributed by atoms with Gasteiger partial charge in [0.2, 0.25) is 5.95 Å². The lowest BCUT2D eigenvalue weighted by Gasteiger charge is -2.46. The Kier molecular flexibility index (Phi) is 3.14. The largest absolute Gasteiger partial charge is 0.461 e. The van der Waals surface area contributed by atoms with Crippen LogP contribution in [-0.2, 0) is 20.8 Å². The Bertz CT molecular complexity index is 469. The molecule has 7 nitrogen and oxygen atoms in total. The molecular weight excluding hydrogens is 248 g/mol. The maximum atomic E-state index is 11.8. The summed E-state index contributed by atoms with van der Waals surface area (Å²) >= 11 is 0. The number of rotatable bonds is 3. The summed E-state index contributed by atoms with van der Waals surface area (Å²) in [5.74, 6) is -0.140. The molecule has 2 N–H and O–H groups in total. The van der Waals surface area contributed by atoms with E-state index in [-0.39, 0.29) is 30.2 Å². The minimum atomic E-state index is -0.300. The molecule has 1 saturated heterocycles. The van der Waals surface area contributed by atoms with Crippen LogP contribution in [0.2, 0.25) is 0 Å². The summed E-state index contributed by atoms with van der Waals surface area (Å²) < 4.78 is 12.7. The Morgan fingerprint density at radius 1 is 1.63 bits per heavy atom. The molecule has 1 aromatic heterocycles. The van der Waals surface area contributed by atoms with Gasteiger partial charge in [0, 0.05) is 12.8 Å². The maximum absolute atomic E-state index is 11.8. The van der Waals surface area contributed by atoms with Crippen LogP contribution in [0.25, 0.3) is 0 Å². The third-order valence-corrected chi connectivity index (χ3v) is 3.86. The van der Waals surface area contributed by atoms with Crippen molar-refractivity contribution in [3.05, 3.63) is 6.33 Å². The molecule has 1 aliphatic carbocycles. The number of carbonyl (C=O) groups excluding carboxylic acids is 1. The van der Waals surface area contributed by atoms with Gasteiger partial charge in [0.05, 0.1) is 12.2 Å². The van der Waals surface area contributed by atoms with Crippen molar-refractivity contribution in [3.8, 4) is 0 Å². The Hall–Kier alpha value is -1.63. The number of nitrogens with zero attached hydrogens (tertiary/aromatic N) is 3. The molecule has 2 heterocycles. The topological polar surface area (TPSA) is 92.3 Å². The quantitative estimate of drug-likeness (QED) is 0.801. The molecule has 1 unspecified atom stereocenters. The maximum Gasteiger partial charge on any atom is 0.328 e. The van der Waals surface area contributed by atoms with Crippen molar-refractivity contribution in [2.24, 2.45) is 0 Å². The molecule has 2 aliphatic rings.